The third-order valence-corrected chi connectivity index (χ3v) is 3.24. The number of nitrogens with zero attached hydrogens (tertiary/aromatic N) is 2. The van der Waals surface area contributed by atoms with Crippen molar-refractivity contribution in [3.05, 3.63) is 41.7 Å². The zero-order valence-corrected chi connectivity index (χ0v) is 13.2. The number of hydrogen-bond donors (Lipinski definition) is 1. The fourth-order valence-electron chi connectivity index (χ4n) is 2.12. The number of rotatable bonds is 6. The lowest BCUT2D eigenvalue weighted by Crippen LogP contribution is -2.19. The third-order valence-electron chi connectivity index (χ3n) is 3.24. The van der Waals surface area contributed by atoms with E-state index in [1.165, 1.54) is 0 Å². The minimum atomic E-state index is 0.646. The standard InChI is InChI=1S/C17H23N3O/c1-12(2)8-18-9-14-10-19-17(20-11-14)15-5-6-16(21-4)13(3)7-15/h5-7,10-12,18H,8-9H2,1-4H3. The number of aromatic nitrogens is 2. The summed E-state index contributed by atoms with van der Waals surface area (Å²) >= 11 is 0. The molecule has 21 heavy (non-hydrogen) atoms. The normalized spacial score (nSPS) is 10.9. The number of benzene rings is 1. The fourth-order valence-corrected chi connectivity index (χ4v) is 2.12. The van der Waals surface area contributed by atoms with E-state index >= 15 is 0 Å². The molecule has 0 amide bonds. The summed E-state index contributed by atoms with van der Waals surface area (Å²) in [5, 5.41) is 3.39. The monoisotopic (exact) mass is 285 g/mol. The Bertz CT molecular complexity index is 579. The molecule has 0 bridgehead atoms. The van der Waals surface area contributed by atoms with Gasteiger partial charge in [0.05, 0.1) is 7.11 Å². The van der Waals surface area contributed by atoms with Gasteiger partial charge in [0.15, 0.2) is 5.82 Å². The lowest BCUT2D eigenvalue weighted by atomic mass is 10.1. The molecule has 0 spiro atoms. The van der Waals surface area contributed by atoms with Gasteiger partial charge in [0, 0.05) is 30.1 Å². The maximum Gasteiger partial charge on any atom is 0.159 e. The van der Waals surface area contributed by atoms with Crippen LogP contribution in [0.1, 0.15) is 25.0 Å². The molecule has 1 aromatic heterocycles. The molecule has 0 radical (unpaired) electrons. The van der Waals surface area contributed by atoms with Crippen LogP contribution < -0.4 is 10.1 Å². The minimum Gasteiger partial charge on any atom is -0.496 e. The first kappa shape index (κ1) is 15.4. The zero-order chi connectivity index (χ0) is 15.2. The van der Waals surface area contributed by atoms with Gasteiger partial charge in [-0.25, -0.2) is 9.97 Å². The van der Waals surface area contributed by atoms with Gasteiger partial charge in [-0.1, -0.05) is 13.8 Å². The average Bonchev–Trinajstić information content (AvgIpc) is 2.47. The summed E-state index contributed by atoms with van der Waals surface area (Å²) < 4.78 is 5.27. The van der Waals surface area contributed by atoms with Crippen molar-refractivity contribution in [2.24, 2.45) is 5.92 Å². The van der Waals surface area contributed by atoms with Gasteiger partial charge in [-0.05, 0) is 43.1 Å². The van der Waals surface area contributed by atoms with Crippen LogP contribution in [0.3, 0.4) is 0 Å². The predicted molar refractivity (Wildman–Crippen MR) is 85.3 cm³/mol. The largest absolute Gasteiger partial charge is 0.496 e. The number of hydrogen-bond acceptors (Lipinski definition) is 4. The van der Waals surface area contributed by atoms with Gasteiger partial charge in [0.1, 0.15) is 5.75 Å². The highest BCUT2D eigenvalue weighted by molar-refractivity contribution is 5.58. The average molecular weight is 285 g/mol. The molecule has 0 unspecified atom stereocenters. The van der Waals surface area contributed by atoms with Gasteiger partial charge in [-0.15, -0.1) is 0 Å². The van der Waals surface area contributed by atoms with Crippen molar-refractivity contribution in [3.63, 3.8) is 0 Å². The molecule has 4 nitrogen and oxygen atoms in total. The van der Waals surface area contributed by atoms with Crippen LogP contribution in [0.5, 0.6) is 5.75 Å². The Hall–Kier alpha value is -1.94. The van der Waals surface area contributed by atoms with Crippen molar-refractivity contribution in [3.8, 4) is 17.1 Å². The van der Waals surface area contributed by atoms with Crippen molar-refractivity contribution in [1.82, 2.24) is 15.3 Å². The summed E-state index contributed by atoms with van der Waals surface area (Å²) in [6, 6.07) is 5.98. The molecular weight excluding hydrogens is 262 g/mol. The molecule has 1 heterocycles. The Morgan fingerprint density at radius 1 is 1.19 bits per heavy atom. The van der Waals surface area contributed by atoms with Gasteiger partial charge in [-0.2, -0.15) is 0 Å². The van der Waals surface area contributed by atoms with Crippen LogP contribution in [0.2, 0.25) is 0 Å². The molecular formula is C17H23N3O. The Balaban J connectivity index is 2.06. The maximum absolute atomic E-state index is 5.27. The Kier molecular flexibility index (Phi) is 5.28. The molecule has 0 aliphatic rings. The van der Waals surface area contributed by atoms with Crippen molar-refractivity contribution < 1.29 is 4.74 Å². The number of methoxy groups -OCH3 is 1. The van der Waals surface area contributed by atoms with Crippen LogP contribution in [-0.4, -0.2) is 23.6 Å². The van der Waals surface area contributed by atoms with E-state index in [4.69, 9.17) is 4.74 Å². The van der Waals surface area contributed by atoms with Crippen molar-refractivity contribution in [1.29, 1.82) is 0 Å². The molecule has 1 aromatic carbocycles. The van der Waals surface area contributed by atoms with E-state index < -0.39 is 0 Å². The van der Waals surface area contributed by atoms with Crippen LogP contribution in [0.25, 0.3) is 11.4 Å². The van der Waals surface area contributed by atoms with E-state index in [2.05, 4.69) is 29.1 Å². The molecule has 0 fully saturated rings. The summed E-state index contributed by atoms with van der Waals surface area (Å²) in [7, 11) is 1.68. The van der Waals surface area contributed by atoms with E-state index in [-0.39, 0.29) is 0 Å². The summed E-state index contributed by atoms with van der Waals surface area (Å²) in [6.07, 6.45) is 3.77. The molecule has 0 saturated heterocycles. The second-order valence-corrected chi connectivity index (χ2v) is 5.62. The van der Waals surface area contributed by atoms with Gasteiger partial charge in [0.25, 0.3) is 0 Å². The van der Waals surface area contributed by atoms with Crippen molar-refractivity contribution in [2.45, 2.75) is 27.3 Å². The fraction of sp³-hybridized carbons (Fsp3) is 0.412. The van der Waals surface area contributed by atoms with E-state index in [1.54, 1.807) is 7.11 Å². The van der Waals surface area contributed by atoms with Crippen LogP contribution in [0, 0.1) is 12.8 Å². The SMILES string of the molecule is COc1ccc(-c2ncc(CNCC(C)C)cn2)cc1C. The van der Waals surface area contributed by atoms with Crippen LogP contribution in [-0.2, 0) is 6.54 Å². The molecule has 4 heteroatoms. The maximum atomic E-state index is 5.27. The molecule has 0 aliphatic heterocycles. The minimum absolute atomic E-state index is 0.646. The van der Waals surface area contributed by atoms with Crippen LogP contribution >= 0.6 is 0 Å². The molecule has 0 aliphatic carbocycles. The second kappa shape index (κ2) is 7.18. The number of nitrogens with one attached hydrogen (secondary N) is 1. The van der Waals surface area contributed by atoms with E-state index in [0.717, 1.165) is 41.4 Å². The van der Waals surface area contributed by atoms with Gasteiger partial charge >= 0.3 is 0 Å². The second-order valence-electron chi connectivity index (χ2n) is 5.62. The molecule has 2 rings (SSSR count). The quantitative estimate of drug-likeness (QED) is 0.885. The molecule has 112 valence electrons. The molecule has 2 aromatic rings. The van der Waals surface area contributed by atoms with Crippen LogP contribution in [0.15, 0.2) is 30.6 Å². The lowest BCUT2D eigenvalue weighted by molar-refractivity contribution is 0.412. The smallest absolute Gasteiger partial charge is 0.159 e. The first-order valence-corrected chi connectivity index (χ1v) is 7.26. The van der Waals surface area contributed by atoms with Crippen LogP contribution in [0.4, 0.5) is 0 Å². The van der Waals surface area contributed by atoms with Gasteiger partial charge < -0.3 is 10.1 Å². The highest BCUT2D eigenvalue weighted by Crippen LogP contribution is 2.23. The third kappa shape index (κ3) is 4.26. The lowest BCUT2D eigenvalue weighted by Gasteiger charge is -2.08. The summed E-state index contributed by atoms with van der Waals surface area (Å²) in [5.74, 6) is 2.27. The number of ether oxygens (including phenoxy) is 1. The summed E-state index contributed by atoms with van der Waals surface area (Å²) in [4.78, 5) is 8.90. The zero-order valence-electron chi connectivity index (χ0n) is 13.2. The highest BCUT2D eigenvalue weighted by Gasteiger charge is 2.05. The molecule has 1 N–H and O–H groups in total. The Morgan fingerprint density at radius 2 is 1.90 bits per heavy atom. The van der Waals surface area contributed by atoms with E-state index in [9.17, 15) is 0 Å². The summed E-state index contributed by atoms with van der Waals surface area (Å²) in [6.45, 7) is 8.21. The Labute approximate surface area is 126 Å². The van der Waals surface area contributed by atoms with E-state index in [0.29, 0.717) is 5.92 Å². The number of aryl methyl sites for hydroxylation is 1. The summed E-state index contributed by atoms with van der Waals surface area (Å²) in [5.41, 5.74) is 3.20. The molecule has 0 saturated carbocycles. The first-order valence-electron chi connectivity index (χ1n) is 7.26. The first-order chi connectivity index (χ1) is 10.1. The Morgan fingerprint density at radius 3 is 2.48 bits per heavy atom. The van der Waals surface area contributed by atoms with Gasteiger partial charge in [0.2, 0.25) is 0 Å². The van der Waals surface area contributed by atoms with Crippen molar-refractivity contribution >= 4 is 0 Å². The van der Waals surface area contributed by atoms with Gasteiger partial charge in [-0.3, -0.25) is 0 Å². The predicted octanol–water partition coefficient (Wildman–Crippen LogP) is 3.21. The van der Waals surface area contributed by atoms with E-state index in [1.807, 2.05) is 37.5 Å². The topological polar surface area (TPSA) is 47.0 Å². The molecule has 0 atom stereocenters. The van der Waals surface area contributed by atoms with Crippen molar-refractivity contribution in [2.75, 3.05) is 13.7 Å². The highest BCUT2D eigenvalue weighted by atomic mass is 16.5.